The van der Waals surface area contributed by atoms with Crippen LogP contribution in [0.1, 0.15) is 18.1 Å². The van der Waals surface area contributed by atoms with Gasteiger partial charge in [0.05, 0.1) is 11.3 Å². The molecule has 0 radical (unpaired) electrons. The zero-order chi connectivity index (χ0) is 16.2. The average Bonchev–Trinajstić information content (AvgIpc) is 2.46. The summed E-state index contributed by atoms with van der Waals surface area (Å²) in [6, 6.07) is 10.9. The summed E-state index contributed by atoms with van der Waals surface area (Å²) in [7, 11) is 0. The fraction of sp³-hybridized carbons (Fsp3) is 0.188. The van der Waals surface area contributed by atoms with Crippen LogP contribution in [0.4, 0.5) is 24.5 Å². The predicted molar refractivity (Wildman–Crippen MR) is 86.0 cm³/mol. The average molecular weight is 324 g/mol. The highest BCUT2D eigenvalue weighted by Gasteiger charge is 2.30. The minimum Gasteiger partial charge on any atom is -0.398 e. The van der Waals surface area contributed by atoms with Gasteiger partial charge in [-0.1, -0.05) is 25.1 Å². The minimum absolute atomic E-state index is 0.0548. The number of hydrogen-bond acceptors (Lipinski definition) is 3. The molecule has 6 heteroatoms. The van der Waals surface area contributed by atoms with Gasteiger partial charge >= 0.3 is 6.18 Å². The molecule has 0 saturated carbocycles. The van der Waals surface area contributed by atoms with Gasteiger partial charge in [-0.25, -0.2) is 0 Å². The van der Waals surface area contributed by atoms with E-state index in [2.05, 4.69) is 4.99 Å². The predicted octanol–water partition coefficient (Wildman–Crippen LogP) is 5.15. The first kappa shape index (κ1) is 16.4. The van der Waals surface area contributed by atoms with Crippen molar-refractivity contribution in [3.63, 3.8) is 0 Å². The molecule has 0 heterocycles. The van der Waals surface area contributed by atoms with Crippen molar-refractivity contribution in [3.05, 3.63) is 53.6 Å². The lowest BCUT2D eigenvalue weighted by Crippen LogP contribution is -2.06. The van der Waals surface area contributed by atoms with Gasteiger partial charge < -0.3 is 5.73 Å². The highest BCUT2D eigenvalue weighted by molar-refractivity contribution is 7.99. The molecule has 2 N–H and O–H groups in total. The number of benzene rings is 2. The number of nitrogen functional groups attached to an aromatic ring is 1. The molecule has 116 valence electrons. The molecule has 0 unspecified atom stereocenters. The lowest BCUT2D eigenvalue weighted by molar-refractivity contribution is -0.137. The Balaban J connectivity index is 2.28. The number of nitrogens with two attached hydrogens (primary N) is 1. The number of rotatable bonds is 4. The molecule has 0 atom stereocenters. The third kappa shape index (κ3) is 4.04. The second-order valence-corrected chi connectivity index (χ2v) is 5.81. The monoisotopic (exact) mass is 324 g/mol. The van der Waals surface area contributed by atoms with Crippen LogP contribution >= 0.6 is 11.8 Å². The van der Waals surface area contributed by atoms with E-state index in [-0.39, 0.29) is 5.69 Å². The van der Waals surface area contributed by atoms with Crippen LogP contribution in [-0.4, -0.2) is 12.0 Å². The van der Waals surface area contributed by atoms with Gasteiger partial charge in [-0.2, -0.15) is 13.2 Å². The van der Waals surface area contributed by atoms with Gasteiger partial charge in [-0.3, -0.25) is 4.99 Å². The van der Waals surface area contributed by atoms with Crippen molar-refractivity contribution >= 4 is 29.4 Å². The zero-order valence-electron chi connectivity index (χ0n) is 11.9. The van der Waals surface area contributed by atoms with E-state index in [4.69, 9.17) is 5.73 Å². The number of para-hydroxylation sites is 1. The van der Waals surface area contributed by atoms with Gasteiger partial charge in [-0.15, -0.1) is 11.8 Å². The van der Waals surface area contributed by atoms with E-state index in [1.165, 1.54) is 12.3 Å². The van der Waals surface area contributed by atoms with E-state index in [1.807, 2.05) is 31.2 Å². The SMILES string of the molecule is CCSc1ccccc1N=Cc1ccc(C(F)(F)F)cc1N. The highest BCUT2D eigenvalue weighted by Crippen LogP contribution is 2.32. The number of aliphatic imine (C=N–C) groups is 1. The first-order chi connectivity index (χ1) is 10.4. The molecule has 0 aliphatic rings. The van der Waals surface area contributed by atoms with Crippen LogP contribution in [0.2, 0.25) is 0 Å². The van der Waals surface area contributed by atoms with E-state index >= 15 is 0 Å². The molecule has 2 aromatic carbocycles. The number of hydrogen-bond donors (Lipinski definition) is 1. The second kappa shape index (κ2) is 6.87. The van der Waals surface area contributed by atoms with E-state index < -0.39 is 11.7 Å². The quantitative estimate of drug-likeness (QED) is 0.480. The largest absolute Gasteiger partial charge is 0.416 e. The fourth-order valence-corrected chi connectivity index (χ4v) is 2.60. The van der Waals surface area contributed by atoms with Crippen molar-refractivity contribution < 1.29 is 13.2 Å². The summed E-state index contributed by atoms with van der Waals surface area (Å²) in [6.45, 7) is 2.04. The molecule has 0 bridgehead atoms. The Morgan fingerprint density at radius 2 is 1.91 bits per heavy atom. The lowest BCUT2D eigenvalue weighted by atomic mass is 10.1. The highest BCUT2D eigenvalue weighted by atomic mass is 32.2. The summed E-state index contributed by atoms with van der Waals surface area (Å²) in [4.78, 5) is 5.36. The van der Waals surface area contributed by atoms with Gasteiger partial charge in [0, 0.05) is 22.4 Å². The number of nitrogens with zero attached hydrogens (tertiary/aromatic N) is 1. The molecule has 0 aliphatic heterocycles. The van der Waals surface area contributed by atoms with Crippen LogP contribution in [0.3, 0.4) is 0 Å². The van der Waals surface area contributed by atoms with Crippen molar-refractivity contribution in [1.29, 1.82) is 0 Å². The number of alkyl halides is 3. The molecule has 2 aromatic rings. The van der Waals surface area contributed by atoms with E-state index in [1.54, 1.807) is 11.8 Å². The topological polar surface area (TPSA) is 38.4 Å². The number of halogens is 3. The standard InChI is InChI=1S/C16H15F3N2S/c1-2-22-15-6-4-3-5-14(15)21-10-11-7-8-12(9-13(11)20)16(17,18)19/h3-10H,2,20H2,1H3. The number of thioether (sulfide) groups is 1. The van der Waals surface area contributed by atoms with Crippen molar-refractivity contribution in [3.8, 4) is 0 Å². The van der Waals surface area contributed by atoms with Crippen molar-refractivity contribution in [2.75, 3.05) is 11.5 Å². The van der Waals surface area contributed by atoms with Gasteiger partial charge in [-0.05, 0) is 30.0 Å². The van der Waals surface area contributed by atoms with E-state index in [0.29, 0.717) is 5.56 Å². The normalized spacial score (nSPS) is 12.0. The zero-order valence-corrected chi connectivity index (χ0v) is 12.7. The van der Waals surface area contributed by atoms with Crippen LogP contribution in [0.5, 0.6) is 0 Å². The number of anilines is 1. The molecule has 0 spiro atoms. The summed E-state index contributed by atoms with van der Waals surface area (Å²) in [5.41, 5.74) is 6.21. The molecule has 0 saturated heterocycles. The molecular formula is C16H15F3N2S. The Morgan fingerprint density at radius 1 is 1.18 bits per heavy atom. The maximum absolute atomic E-state index is 12.6. The molecule has 2 nitrogen and oxygen atoms in total. The van der Waals surface area contributed by atoms with Gasteiger partial charge in [0.25, 0.3) is 0 Å². The third-order valence-electron chi connectivity index (χ3n) is 2.92. The molecule has 0 aromatic heterocycles. The Bertz CT molecular complexity index is 681. The van der Waals surface area contributed by atoms with Gasteiger partial charge in [0.15, 0.2) is 0 Å². The first-order valence-electron chi connectivity index (χ1n) is 6.64. The Hall–Kier alpha value is -1.95. The second-order valence-electron chi connectivity index (χ2n) is 4.50. The Morgan fingerprint density at radius 3 is 2.55 bits per heavy atom. The van der Waals surface area contributed by atoms with Crippen LogP contribution in [0, 0.1) is 0 Å². The summed E-state index contributed by atoms with van der Waals surface area (Å²) in [5, 5.41) is 0. The van der Waals surface area contributed by atoms with Crippen LogP contribution < -0.4 is 5.73 Å². The fourth-order valence-electron chi connectivity index (χ4n) is 1.85. The molecule has 0 aliphatic carbocycles. The van der Waals surface area contributed by atoms with E-state index in [9.17, 15) is 13.2 Å². The maximum atomic E-state index is 12.6. The Labute approximate surface area is 131 Å². The van der Waals surface area contributed by atoms with Gasteiger partial charge in [0.2, 0.25) is 0 Å². The molecule has 22 heavy (non-hydrogen) atoms. The maximum Gasteiger partial charge on any atom is 0.416 e. The lowest BCUT2D eigenvalue weighted by Gasteiger charge is -2.08. The molecule has 2 rings (SSSR count). The summed E-state index contributed by atoms with van der Waals surface area (Å²) >= 11 is 1.65. The van der Waals surface area contributed by atoms with E-state index in [0.717, 1.165) is 28.5 Å². The molecular weight excluding hydrogens is 309 g/mol. The van der Waals surface area contributed by atoms with Crippen LogP contribution in [0.25, 0.3) is 0 Å². The van der Waals surface area contributed by atoms with Gasteiger partial charge in [0.1, 0.15) is 0 Å². The summed E-state index contributed by atoms with van der Waals surface area (Å²) < 4.78 is 37.8. The van der Waals surface area contributed by atoms with Crippen LogP contribution in [-0.2, 0) is 6.18 Å². The minimum atomic E-state index is -4.39. The van der Waals surface area contributed by atoms with Crippen molar-refractivity contribution in [1.82, 2.24) is 0 Å². The molecule has 0 fully saturated rings. The third-order valence-corrected chi connectivity index (χ3v) is 3.87. The smallest absolute Gasteiger partial charge is 0.398 e. The van der Waals surface area contributed by atoms with Crippen molar-refractivity contribution in [2.45, 2.75) is 18.0 Å². The Kier molecular flexibility index (Phi) is 5.13. The summed E-state index contributed by atoms with van der Waals surface area (Å²) in [6.07, 6.45) is -2.90. The summed E-state index contributed by atoms with van der Waals surface area (Å²) in [5.74, 6) is 0.912. The molecule has 0 amide bonds. The van der Waals surface area contributed by atoms with Crippen LogP contribution in [0.15, 0.2) is 52.4 Å². The van der Waals surface area contributed by atoms with Crippen molar-refractivity contribution in [2.24, 2.45) is 4.99 Å². The first-order valence-corrected chi connectivity index (χ1v) is 7.63.